The number of nitrogens with zero attached hydrogens (tertiary/aromatic N) is 7. The van der Waals surface area contributed by atoms with Crippen molar-refractivity contribution >= 4 is 11.4 Å². The Hall–Kier alpha value is -4.29. The van der Waals surface area contributed by atoms with E-state index < -0.39 is 5.95 Å². The van der Waals surface area contributed by atoms with Crippen LogP contribution in [-0.4, -0.2) is 57.9 Å². The highest BCUT2D eigenvalue weighted by molar-refractivity contribution is 5.91. The molecule has 3 heterocycles. The summed E-state index contributed by atoms with van der Waals surface area (Å²) >= 11 is 0. The molecule has 1 saturated heterocycles. The van der Waals surface area contributed by atoms with E-state index >= 15 is 0 Å². The predicted molar refractivity (Wildman–Crippen MR) is 149 cm³/mol. The number of hydrogen-bond donors (Lipinski definition) is 0. The Morgan fingerprint density at radius 1 is 1.10 bits per heavy atom. The highest BCUT2D eigenvalue weighted by Crippen LogP contribution is 2.46. The zero-order chi connectivity index (χ0) is 27.2. The SMILES string of the molecule is [C-]#[N+]c1c(OCCN(C)Cc2ccccc2)ccc(-c2ccc(F)nc2)c1N1CCC(c2nncn2C)CC1. The lowest BCUT2D eigenvalue weighted by molar-refractivity contribution is 0.234. The molecule has 0 saturated carbocycles. The molecule has 0 bridgehead atoms. The number of likely N-dealkylation sites (N-methyl/N-ethyl adjacent to an activating group) is 1. The molecule has 8 nitrogen and oxygen atoms in total. The van der Waals surface area contributed by atoms with Crippen LogP contribution < -0.4 is 9.64 Å². The number of anilines is 1. The third-order valence-corrected chi connectivity index (χ3v) is 7.21. The molecule has 0 atom stereocenters. The van der Waals surface area contributed by atoms with Gasteiger partial charge in [0.05, 0.1) is 18.9 Å². The van der Waals surface area contributed by atoms with Crippen LogP contribution in [0.4, 0.5) is 15.8 Å². The molecule has 0 spiro atoms. The first-order valence-corrected chi connectivity index (χ1v) is 13.1. The molecule has 0 aliphatic carbocycles. The van der Waals surface area contributed by atoms with Crippen LogP contribution >= 0.6 is 0 Å². The van der Waals surface area contributed by atoms with Crippen LogP contribution in [0.3, 0.4) is 0 Å². The second-order valence-corrected chi connectivity index (χ2v) is 9.92. The predicted octanol–water partition coefficient (Wildman–Crippen LogP) is 5.46. The second kappa shape index (κ2) is 12.0. The highest BCUT2D eigenvalue weighted by atomic mass is 19.1. The number of piperidine rings is 1. The summed E-state index contributed by atoms with van der Waals surface area (Å²) in [6.45, 7) is 11.6. The molecule has 39 heavy (non-hydrogen) atoms. The van der Waals surface area contributed by atoms with E-state index in [4.69, 9.17) is 11.3 Å². The number of halogens is 1. The molecule has 4 aromatic rings. The molecule has 200 valence electrons. The molecule has 0 radical (unpaired) electrons. The summed E-state index contributed by atoms with van der Waals surface area (Å²) in [6.07, 6.45) is 5.03. The third kappa shape index (κ3) is 6.07. The third-order valence-electron chi connectivity index (χ3n) is 7.21. The van der Waals surface area contributed by atoms with Crippen LogP contribution in [0.1, 0.15) is 30.1 Å². The van der Waals surface area contributed by atoms with Gasteiger partial charge >= 0.3 is 0 Å². The average molecular weight is 526 g/mol. The molecule has 1 fully saturated rings. The fourth-order valence-electron chi connectivity index (χ4n) is 5.18. The first-order chi connectivity index (χ1) is 19.0. The average Bonchev–Trinajstić information content (AvgIpc) is 3.39. The van der Waals surface area contributed by atoms with E-state index in [0.717, 1.165) is 55.1 Å². The Kier molecular flexibility index (Phi) is 8.13. The molecular formula is C30H32FN7O. The van der Waals surface area contributed by atoms with E-state index in [1.54, 1.807) is 12.4 Å². The van der Waals surface area contributed by atoms with Gasteiger partial charge in [-0.3, -0.25) is 4.90 Å². The van der Waals surface area contributed by atoms with Crippen molar-refractivity contribution in [3.8, 4) is 16.9 Å². The minimum absolute atomic E-state index is 0.306. The Morgan fingerprint density at radius 2 is 1.90 bits per heavy atom. The van der Waals surface area contributed by atoms with Gasteiger partial charge in [0.25, 0.3) is 5.69 Å². The van der Waals surface area contributed by atoms with Crippen molar-refractivity contribution in [2.24, 2.45) is 7.05 Å². The van der Waals surface area contributed by atoms with Crippen LogP contribution in [0.15, 0.2) is 67.1 Å². The molecule has 0 unspecified atom stereocenters. The van der Waals surface area contributed by atoms with E-state index in [1.165, 1.54) is 17.8 Å². The number of aryl methyl sites for hydroxylation is 1. The smallest absolute Gasteiger partial charge is 0.251 e. The van der Waals surface area contributed by atoms with Crippen LogP contribution in [0, 0.1) is 12.5 Å². The molecular weight excluding hydrogens is 493 g/mol. The molecule has 2 aromatic carbocycles. The molecule has 5 rings (SSSR count). The topological polar surface area (TPSA) is 63.7 Å². The zero-order valence-corrected chi connectivity index (χ0v) is 22.3. The van der Waals surface area contributed by atoms with Crippen LogP contribution in [0.5, 0.6) is 5.75 Å². The van der Waals surface area contributed by atoms with Crippen molar-refractivity contribution in [2.45, 2.75) is 25.3 Å². The summed E-state index contributed by atoms with van der Waals surface area (Å²) in [5.74, 6) is 1.32. The zero-order valence-electron chi connectivity index (χ0n) is 22.3. The number of benzene rings is 2. The van der Waals surface area contributed by atoms with E-state index in [2.05, 4.69) is 49.0 Å². The molecule has 2 aromatic heterocycles. The number of ether oxygens (including phenoxy) is 1. The highest BCUT2D eigenvalue weighted by Gasteiger charge is 2.28. The van der Waals surface area contributed by atoms with Gasteiger partial charge in [0, 0.05) is 50.9 Å². The van der Waals surface area contributed by atoms with Crippen molar-refractivity contribution in [2.75, 3.05) is 38.2 Å². The Balaban J connectivity index is 1.37. The van der Waals surface area contributed by atoms with Crippen LogP contribution in [0.2, 0.25) is 0 Å². The van der Waals surface area contributed by atoms with E-state index in [1.807, 2.05) is 41.9 Å². The summed E-state index contributed by atoms with van der Waals surface area (Å²) < 4.78 is 21.8. The number of aromatic nitrogens is 4. The fraction of sp³-hybridized carbons (Fsp3) is 0.333. The van der Waals surface area contributed by atoms with Gasteiger partial charge in [0.15, 0.2) is 0 Å². The molecule has 0 N–H and O–H groups in total. The van der Waals surface area contributed by atoms with Crippen molar-refractivity contribution in [3.05, 3.63) is 95.9 Å². The maximum Gasteiger partial charge on any atom is 0.251 e. The van der Waals surface area contributed by atoms with Crippen molar-refractivity contribution in [3.63, 3.8) is 0 Å². The minimum Gasteiger partial charge on any atom is -0.503 e. The van der Waals surface area contributed by atoms with E-state index in [0.29, 0.717) is 30.5 Å². The van der Waals surface area contributed by atoms with Crippen LogP contribution in [-0.2, 0) is 13.6 Å². The van der Waals surface area contributed by atoms with Crippen molar-refractivity contribution in [1.29, 1.82) is 0 Å². The number of rotatable bonds is 9. The van der Waals surface area contributed by atoms with Gasteiger partial charge in [-0.05, 0) is 49.2 Å². The standard InChI is InChI=1S/C30H32FN7O/c1-32-28-26(39-18-17-36(2)20-22-7-5-4-6-8-22)11-10-25(24-9-12-27(31)33-19-24)29(28)38-15-13-23(14-16-38)30-35-34-21-37(30)3/h4-12,19,21,23H,13-18,20H2,2-3H3. The van der Waals surface area contributed by atoms with Crippen molar-refractivity contribution in [1.82, 2.24) is 24.6 Å². The molecule has 9 heteroatoms. The maximum atomic E-state index is 13.6. The molecule has 1 aliphatic rings. The summed E-state index contributed by atoms with van der Waals surface area (Å²) in [5.41, 5.74) is 4.13. The fourth-order valence-corrected chi connectivity index (χ4v) is 5.18. The monoisotopic (exact) mass is 525 g/mol. The number of pyridine rings is 1. The molecule has 0 amide bonds. The summed E-state index contributed by atoms with van der Waals surface area (Å²) in [6, 6.07) is 17.2. The maximum absolute atomic E-state index is 13.6. The Morgan fingerprint density at radius 3 is 2.56 bits per heavy atom. The van der Waals surface area contributed by atoms with Gasteiger partial charge in [-0.1, -0.05) is 36.4 Å². The molecule has 1 aliphatic heterocycles. The van der Waals surface area contributed by atoms with Gasteiger partial charge in [0.2, 0.25) is 5.95 Å². The lowest BCUT2D eigenvalue weighted by Gasteiger charge is -2.35. The Bertz CT molecular complexity index is 1420. The summed E-state index contributed by atoms with van der Waals surface area (Å²) in [7, 11) is 4.03. The summed E-state index contributed by atoms with van der Waals surface area (Å²) in [4.78, 5) is 12.2. The second-order valence-electron chi connectivity index (χ2n) is 9.92. The van der Waals surface area contributed by atoms with E-state index in [9.17, 15) is 4.39 Å². The first kappa shape index (κ1) is 26.3. The van der Waals surface area contributed by atoms with Gasteiger partial charge in [-0.25, -0.2) is 9.83 Å². The largest absolute Gasteiger partial charge is 0.503 e. The van der Waals surface area contributed by atoms with E-state index in [-0.39, 0.29) is 0 Å². The number of hydrogen-bond acceptors (Lipinski definition) is 6. The van der Waals surface area contributed by atoms with Gasteiger partial charge < -0.3 is 14.2 Å². The normalized spacial score (nSPS) is 14.0. The minimum atomic E-state index is -0.533. The van der Waals surface area contributed by atoms with Crippen LogP contribution in [0.25, 0.3) is 16.0 Å². The first-order valence-electron chi connectivity index (χ1n) is 13.1. The van der Waals surface area contributed by atoms with Crippen molar-refractivity contribution < 1.29 is 9.13 Å². The van der Waals surface area contributed by atoms with Gasteiger partial charge in [-0.15, -0.1) is 10.2 Å². The lowest BCUT2D eigenvalue weighted by atomic mass is 9.94. The quantitative estimate of drug-likeness (QED) is 0.214. The Labute approximate surface area is 228 Å². The summed E-state index contributed by atoms with van der Waals surface area (Å²) in [5, 5.41) is 8.35. The van der Waals surface area contributed by atoms with Gasteiger partial charge in [-0.2, -0.15) is 4.39 Å². The van der Waals surface area contributed by atoms with Gasteiger partial charge in [0.1, 0.15) is 17.9 Å². The lowest BCUT2D eigenvalue weighted by Crippen LogP contribution is -2.34.